The number of carbonyl (C=O) groups excluding carboxylic acids is 2. The molecule has 1 saturated carbocycles. The molecule has 39 heavy (non-hydrogen) atoms. The minimum Gasteiger partial charge on any atom is -0.487 e. The minimum absolute atomic E-state index is 0.00617. The second kappa shape index (κ2) is 9.51. The molecule has 2 fully saturated rings. The highest BCUT2D eigenvalue weighted by molar-refractivity contribution is 5.92. The lowest BCUT2D eigenvalue weighted by Crippen LogP contribution is -2.79. The van der Waals surface area contributed by atoms with Crippen molar-refractivity contribution < 1.29 is 19.1 Å². The fourth-order valence-corrected chi connectivity index (χ4v) is 8.27. The number of hydrogen-bond donors (Lipinski definition) is 0. The first kappa shape index (κ1) is 26.1. The number of amides is 1. The molecule has 2 aromatic rings. The van der Waals surface area contributed by atoms with Gasteiger partial charge < -0.3 is 14.4 Å². The molecule has 2 aliphatic carbocycles. The quantitative estimate of drug-likeness (QED) is 0.394. The van der Waals surface area contributed by atoms with Gasteiger partial charge in [-0.25, -0.2) is 0 Å². The molecule has 1 saturated heterocycles. The number of likely N-dealkylation sites (N-methyl/N-ethyl adjacent to an activating group) is 1. The van der Waals surface area contributed by atoms with Crippen LogP contribution in [0.15, 0.2) is 48.5 Å². The van der Waals surface area contributed by atoms with E-state index in [2.05, 4.69) is 63.1 Å². The summed E-state index contributed by atoms with van der Waals surface area (Å²) in [6.45, 7) is 9.45. The van der Waals surface area contributed by atoms with Gasteiger partial charge in [-0.2, -0.15) is 0 Å². The zero-order valence-electron chi connectivity index (χ0n) is 23.8. The van der Waals surface area contributed by atoms with Gasteiger partial charge in [0.15, 0.2) is 0 Å². The number of likely N-dealkylation sites (tertiary alicyclic amines) is 1. The van der Waals surface area contributed by atoms with Crippen LogP contribution in [-0.2, 0) is 26.2 Å². The van der Waals surface area contributed by atoms with E-state index in [1.165, 1.54) is 23.6 Å². The van der Waals surface area contributed by atoms with E-state index < -0.39 is 11.0 Å². The second-order valence-electron chi connectivity index (χ2n) is 12.5. The standard InChI is InChI=1S/C33H40N2O4/c1-21(2)20-35(29(37)13-12-24-9-6-8-22(3)18-24)26-14-15-33(39-23(4)36)28-19-25-10-7-11-27-30(25)32(33,31(26)38-27)16-17-34(28)5/h6-13,18,21,26,28,31H,14-17,19-20H2,1-5H3/t26-,28+,31-,32-,33+/m0/s1. The van der Waals surface area contributed by atoms with E-state index in [0.717, 1.165) is 37.1 Å². The average Bonchev–Trinajstić information content (AvgIpc) is 3.23. The number of piperidine rings is 1. The van der Waals surface area contributed by atoms with E-state index in [1.54, 1.807) is 6.08 Å². The van der Waals surface area contributed by atoms with Crippen LogP contribution in [0, 0.1) is 12.8 Å². The molecule has 1 amide bonds. The van der Waals surface area contributed by atoms with Crippen LogP contribution in [0.2, 0.25) is 0 Å². The molecule has 6 heteroatoms. The number of rotatable bonds is 6. The maximum absolute atomic E-state index is 13.9. The van der Waals surface area contributed by atoms with Crippen LogP contribution in [0.1, 0.15) is 62.3 Å². The lowest BCUT2D eigenvalue weighted by Gasteiger charge is -2.65. The Morgan fingerprint density at radius 3 is 2.74 bits per heavy atom. The SMILES string of the molecule is CC(=O)O[C@@]12CC[C@H](N(CC(C)C)C(=O)C=Cc3cccc(C)c3)[C@@H]3Oc4cccc5c4[C@@]31CCN(C)[C@@H]2C5. The summed E-state index contributed by atoms with van der Waals surface area (Å²) in [7, 11) is 2.15. The van der Waals surface area contributed by atoms with Crippen LogP contribution >= 0.6 is 0 Å². The highest BCUT2D eigenvalue weighted by atomic mass is 16.6. The van der Waals surface area contributed by atoms with E-state index in [4.69, 9.17) is 9.47 Å². The zero-order valence-corrected chi connectivity index (χ0v) is 23.8. The van der Waals surface area contributed by atoms with Gasteiger partial charge in [-0.15, -0.1) is 0 Å². The van der Waals surface area contributed by atoms with Gasteiger partial charge in [0.2, 0.25) is 5.91 Å². The molecular formula is C33H40N2O4. The second-order valence-corrected chi connectivity index (χ2v) is 12.5. The van der Waals surface area contributed by atoms with E-state index >= 15 is 0 Å². The van der Waals surface area contributed by atoms with Gasteiger partial charge in [0.1, 0.15) is 17.5 Å². The first-order chi connectivity index (χ1) is 18.7. The molecule has 2 heterocycles. The third kappa shape index (κ3) is 3.94. The van der Waals surface area contributed by atoms with Crippen molar-refractivity contribution in [2.45, 2.75) is 82.6 Å². The molecule has 4 aliphatic rings. The highest BCUT2D eigenvalue weighted by Gasteiger charge is 2.75. The molecule has 2 aliphatic heterocycles. The number of hydrogen-bond acceptors (Lipinski definition) is 5. The summed E-state index contributed by atoms with van der Waals surface area (Å²) in [6.07, 6.45) is 6.47. The summed E-state index contributed by atoms with van der Waals surface area (Å²) >= 11 is 0. The fraction of sp³-hybridized carbons (Fsp3) is 0.515. The van der Waals surface area contributed by atoms with Gasteiger partial charge in [0.05, 0.1) is 17.5 Å². The molecule has 2 aromatic carbocycles. The van der Waals surface area contributed by atoms with Crippen LogP contribution in [-0.4, -0.2) is 65.6 Å². The summed E-state index contributed by atoms with van der Waals surface area (Å²) in [5.74, 6) is 0.966. The van der Waals surface area contributed by atoms with E-state index in [9.17, 15) is 9.59 Å². The van der Waals surface area contributed by atoms with Gasteiger partial charge in [-0.3, -0.25) is 14.5 Å². The summed E-state index contributed by atoms with van der Waals surface area (Å²) in [5.41, 5.74) is 3.55. The average molecular weight is 529 g/mol. The summed E-state index contributed by atoms with van der Waals surface area (Å²) in [6, 6.07) is 14.5. The molecule has 0 N–H and O–H groups in total. The molecule has 206 valence electrons. The van der Waals surface area contributed by atoms with E-state index in [0.29, 0.717) is 18.9 Å². The minimum atomic E-state index is -0.670. The monoisotopic (exact) mass is 528 g/mol. The van der Waals surface area contributed by atoms with E-state index in [1.807, 2.05) is 23.1 Å². The molecule has 2 bridgehead atoms. The number of aryl methyl sites for hydroxylation is 1. The Labute approximate surface area is 232 Å². The third-order valence-corrected chi connectivity index (χ3v) is 9.59. The zero-order chi connectivity index (χ0) is 27.5. The largest absolute Gasteiger partial charge is 0.487 e. The Morgan fingerprint density at radius 2 is 2.00 bits per heavy atom. The Bertz CT molecular complexity index is 1330. The Morgan fingerprint density at radius 1 is 1.21 bits per heavy atom. The van der Waals surface area contributed by atoms with Gasteiger partial charge in [-0.05, 0) is 75.4 Å². The Kier molecular flexibility index (Phi) is 6.37. The van der Waals surface area contributed by atoms with Crippen LogP contribution in [0.25, 0.3) is 6.08 Å². The van der Waals surface area contributed by atoms with Gasteiger partial charge >= 0.3 is 5.97 Å². The van der Waals surface area contributed by atoms with Crippen LogP contribution in [0.5, 0.6) is 5.75 Å². The molecule has 0 unspecified atom stereocenters. The van der Waals surface area contributed by atoms with Crippen molar-refractivity contribution in [3.8, 4) is 5.75 Å². The normalized spacial score (nSPS) is 30.7. The van der Waals surface area contributed by atoms with Gasteiger partial charge in [-0.1, -0.05) is 55.8 Å². The Balaban J connectivity index is 1.44. The maximum atomic E-state index is 13.9. The van der Waals surface area contributed by atoms with Crippen molar-refractivity contribution in [2.75, 3.05) is 20.1 Å². The number of benzene rings is 2. The first-order valence-corrected chi connectivity index (χ1v) is 14.4. The van der Waals surface area contributed by atoms with Gasteiger partial charge in [0.25, 0.3) is 0 Å². The highest BCUT2D eigenvalue weighted by Crippen LogP contribution is 2.65. The van der Waals surface area contributed by atoms with Crippen molar-refractivity contribution in [3.05, 3.63) is 70.8 Å². The van der Waals surface area contributed by atoms with Crippen molar-refractivity contribution in [1.82, 2.24) is 9.80 Å². The topological polar surface area (TPSA) is 59.1 Å². The first-order valence-electron chi connectivity index (χ1n) is 14.4. The van der Waals surface area contributed by atoms with Crippen LogP contribution in [0.4, 0.5) is 0 Å². The van der Waals surface area contributed by atoms with Crippen molar-refractivity contribution in [1.29, 1.82) is 0 Å². The number of nitrogens with zero attached hydrogens (tertiary/aromatic N) is 2. The van der Waals surface area contributed by atoms with Crippen molar-refractivity contribution in [2.24, 2.45) is 5.92 Å². The Hall–Kier alpha value is -3.12. The molecule has 1 spiro atoms. The lowest BCUT2D eigenvalue weighted by molar-refractivity contribution is -0.221. The van der Waals surface area contributed by atoms with Crippen molar-refractivity contribution >= 4 is 18.0 Å². The summed E-state index contributed by atoms with van der Waals surface area (Å²) in [5, 5.41) is 0. The maximum Gasteiger partial charge on any atom is 0.303 e. The number of esters is 1. The smallest absolute Gasteiger partial charge is 0.303 e. The predicted octanol–water partition coefficient (Wildman–Crippen LogP) is 4.92. The molecule has 0 aromatic heterocycles. The van der Waals surface area contributed by atoms with Crippen LogP contribution in [0.3, 0.4) is 0 Å². The molecular weight excluding hydrogens is 488 g/mol. The number of carbonyl (C=O) groups is 2. The molecule has 5 atom stereocenters. The number of ether oxygens (including phenoxy) is 2. The van der Waals surface area contributed by atoms with Gasteiger partial charge in [0, 0.05) is 25.1 Å². The summed E-state index contributed by atoms with van der Waals surface area (Å²) < 4.78 is 13.4. The van der Waals surface area contributed by atoms with E-state index in [-0.39, 0.29) is 30.1 Å². The van der Waals surface area contributed by atoms with Crippen molar-refractivity contribution in [3.63, 3.8) is 0 Å². The van der Waals surface area contributed by atoms with Crippen LogP contribution < -0.4 is 4.74 Å². The fourth-order valence-electron chi connectivity index (χ4n) is 8.27. The predicted molar refractivity (Wildman–Crippen MR) is 152 cm³/mol. The summed E-state index contributed by atoms with van der Waals surface area (Å²) in [4.78, 5) is 31.0. The molecule has 0 radical (unpaired) electrons. The lowest BCUT2D eigenvalue weighted by atomic mass is 9.48. The third-order valence-electron chi connectivity index (χ3n) is 9.59. The molecule has 6 rings (SSSR count). The molecule has 6 nitrogen and oxygen atoms in total.